The standard InChI is InChI=1S/C17H19FO3/c18-16-14(17(19)20)6-13(10-1-2-10)7-15(16)21-8-9-3-11-5-12(11)4-9/h6-7,9-12H,1-5,8H2,(H,19,20). The van der Waals surface area contributed by atoms with Crippen LogP contribution < -0.4 is 4.74 Å². The summed E-state index contributed by atoms with van der Waals surface area (Å²) < 4.78 is 19.9. The van der Waals surface area contributed by atoms with Crippen molar-refractivity contribution in [3.05, 3.63) is 29.1 Å². The Kier molecular flexibility index (Phi) is 2.95. The number of rotatable bonds is 5. The first-order valence-electron chi connectivity index (χ1n) is 7.81. The summed E-state index contributed by atoms with van der Waals surface area (Å²) in [6.07, 6.45) is 5.82. The lowest BCUT2D eigenvalue weighted by Gasteiger charge is -2.15. The molecule has 1 aromatic carbocycles. The number of fused-ring (bicyclic) bond motifs is 1. The van der Waals surface area contributed by atoms with Crippen LogP contribution in [0, 0.1) is 23.6 Å². The molecule has 0 aromatic heterocycles. The number of ether oxygens (including phenoxy) is 1. The predicted molar refractivity (Wildman–Crippen MR) is 75.2 cm³/mol. The van der Waals surface area contributed by atoms with Crippen molar-refractivity contribution in [2.75, 3.05) is 6.61 Å². The molecule has 0 bridgehead atoms. The Morgan fingerprint density at radius 1 is 1.24 bits per heavy atom. The predicted octanol–water partition coefficient (Wildman–Crippen LogP) is 3.83. The van der Waals surface area contributed by atoms with E-state index in [1.165, 1.54) is 25.3 Å². The first-order chi connectivity index (χ1) is 10.1. The smallest absolute Gasteiger partial charge is 0.338 e. The van der Waals surface area contributed by atoms with Crippen molar-refractivity contribution < 1.29 is 19.0 Å². The molecule has 3 saturated carbocycles. The molecule has 4 heteroatoms. The molecule has 3 nitrogen and oxygen atoms in total. The van der Waals surface area contributed by atoms with E-state index < -0.39 is 11.8 Å². The van der Waals surface area contributed by atoms with Crippen molar-refractivity contribution in [3.8, 4) is 5.75 Å². The van der Waals surface area contributed by atoms with Gasteiger partial charge in [-0.15, -0.1) is 0 Å². The van der Waals surface area contributed by atoms with E-state index in [4.69, 9.17) is 9.84 Å². The Hall–Kier alpha value is -1.58. The van der Waals surface area contributed by atoms with E-state index >= 15 is 0 Å². The minimum Gasteiger partial charge on any atom is -0.490 e. The minimum absolute atomic E-state index is 0.123. The van der Waals surface area contributed by atoms with Crippen molar-refractivity contribution in [2.24, 2.45) is 17.8 Å². The van der Waals surface area contributed by atoms with Gasteiger partial charge in [-0.2, -0.15) is 0 Å². The third-order valence-electron chi connectivity index (χ3n) is 5.16. The zero-order chi connectivity index (χ0) is 14.6. The van der Waals surface area contributed by atoms with Gasteiger partial charge in [0.1, 0.15) is 0 Å². The summed E-state index contributed by atoms with van der Waals surface area (Å²) in [7, 11) is 0. The molecule has 0 spiro atoms. The van der Waals surface area contributed by atoms with Crippen LogP contribution in [0.25, 0.3) is 0 Å². The van der Waals surface area contributed by atoms with Gasteiger partial charge in [0.2, 0.25) is 0 Å². The second-order valence-electron chi connectivity index (χ2n) is 6.86. The summed E-state index contributed by atoms with van der Waals surface area (Å²) in [5.74, 6) is 0.803. The molecule has 0 saturated heterocycles. The number of carboxylic acids is 1. The molecule has 112 valence electrons. The molecule has 4 rings (SSSR count). The minimum atomic E-state index is -1.22. The van der Waals surface area contributed by atoms with Crippen molar-refractivity contribution in [3.63, 3.8) is 0 Å². The van der Waals surface area contributed by atoms with Crippen molar-refractivity contribution in [1.82, 2.24) is 0 Å². The van der Waals surface area contributed by atoms with Crippen molar-refractivity contribution in [1.29, 1.82) is 0 Å². The molecule has 1 N–H and O–H groups in total. The van der Waals surface area contributed by atoms with Crippen LogP contribution >= 0.6 is 0 Å². The number of halogens is 1. The van der Waals surface area contributed by atoms with Gasteiger partial charge in [-0.05, 0) is 73.5 Å². The molecule has 0 heterocycles. The lowest BCUT2D eigenvalue weighted by molar-refractivity contribution is 0.0690. The Balaban J connectivity index is 1.53. The zero-order valence-corrected chi connectivity index (χ0v) is 11.8. The van der Waals surface area contributed by atoms with Gasteiger partial charge in [0.15, 0.2) is 11.6 Å². The molecule has 3 fully saturated rings. The van der Waals surface area contributed by atoms with Crippen LogP contribution in [-0.2, 0) is 0 Å². The maximum absolute atomic E-state index is 14.2. The summed E-state index contributed by atoms with van der Waals surface area (Å²) >= 11 is 0. The van der Waals surface area contributed by atoms with Crippen LogP contribution in [0.15, 0.2) is 12.1 Å². The zero-order valence-electron chi connectivity index (χ0n) is 11.8. The number of hydrogen-bond donors (Lipinski definition) is 1. The summed E-state index contributed by atoms with van der Waals surface area (Å²) in [5.41, 5.74) is 0.640. The molecule has 3 aliphatic carbocycles. The fourth-order valence-corrected chi connectivity index (χ4v) is 3.72. The highest BCUT2D eigenvalue weighted by Gasteiger charge is 2.45. The third-order valence-corrected chi connectivity index (χ3v) is 5.16. The highest BCUT2D eigenvalue weighted by molar-refractivity contribution is 5.88. The number of hydrogen-bond acceptors (Lipinski definition) is 2. The Bertz CT molecular complexity index is 584. The maximum Gasteiger partial charge on any atom is 0.338 e. The second-order valence-corrected chi connectivity index (χ2v) is 6.86. The largest absolute Gasteiger partial charge is 0.490 e. The highest BCUT2D eigenvalue weighted by atomic mass is 19.1. The second kappa shape index (κ2) is 4.72. The molecular weight excluding hydrogens is 271 g/mol. The Morgan fingerprint density at radius 2 is 1.95 bits per heavy atom. The first-order valence-corrected chi connectivity index (χ1v) is 7.81. The molecule has 1 aromatic rings. The molecule has 21 heavy (non-hydrogen) atoms. The van der Waals surface area contributed by atoms with E-state index in [1.807, 2.05) is 0 Å². The summed E-state index contributed by atoms with van der Waals surface area (Å²) in [4.78, 5) is 11.2. The van der Waals surface area contributed by atoms with Gasteiger partial charge in [-0.25, -0.2) is 9.18 Å². The average Bonchev–Trinajstić information content (AvgIpc) is 3.37. The fourth-order valence-electron chi connectivity index (χ4n) is 3.72. The van der Waals surface area contributed by atoms with Gasteiger partial charge in [0.05, 0.1) is 12.2 Å². The van der Waals surface area contributed by atoms with Crippen LogP contribution in [0.4, 0.5) is 4.39 Å². The van der Waals surface area contributed by atoms with E-state index in [2.05, 4.69) is 0 Å². The van der Waals surface area contributed by atoms with Gasteiger partial charge >= 0.3 is 5.97 Å². The van der Waals surface area contributed by atoms with E-state index in [0.717, 1.165) is 30.2 Å². The SMILES string of the molecule is O=C(O)c1cc(C2CC2)cc(OCC2CC3CC3C2)c1F. The molecule has 2 unspecified atom stereocenters. The van der Waals surface area contributed by atoms with Crippen LogP contribution in [-0.4, -0.2) is 17.7 Å². The Morgan fingerprint density at radius 3 is 2.57 bits per heavy atom. The van der Waals surface area contributed by atoms with Crippen LogP contribution in [0.1, 0.15) is 53.9 Å². The molecule has 0 radical (unpaired) electrons. The molecule has 2 atom stereocenters. The molecule has 0 aliphatic heterocycles. The van der Waals surface area contributed by atoms with Gasteiger partial charge in [-0.3, -0.25) is 0 Å². The fraction of sp³-hybridized carbons (Fsp3) is 0.588. The van der Waals surface area contributed by atoms with E-state index in [-0.39, 0.29) is 11.3 Å². The normalized spacial score (nSPS) is 30.0. The first kappa shape index (κ1) is 13.1. The maximum atomic E-state index is 14.2. The number of aromatic carboxylic acids is 1. The van der Waals surface area contributed by atoms with Crippen LogP contribution in [0.3, 0.4) is 0 Å². The topological polar surface area (TPSA) is 46.5 Å². The van der Waals surface area contributed by atoms with Gasteiger partial charge < -0.3 is 9.84 Å². The third kappa shape index (κ3) is 2.52. The quantitative estimate of drug-likeness (QED) is 0.896. The number of benzene rings is 1. The average molecular weight is 290 g/mol. The molecule has 0 amide bonds. The van der Waals surface area contributed by atoms with Crippen LogP contribution in [0.5, 0.6) is 5.75 Å². The van der Waals surface area contributed by atoms with E-state index in [9.17, 15) is 9.18 Å². The molecule has 3 aliphatic rings. The number of carbonyl (C=O) groups is 1. The van der Waals surface area contributed by atoms with Crippen molar-refractivity contribution >= 4 is 5.97 Å². The number of carboxylic acid groups (broad SMARTS) is 1. The lowest BCUT2D eigenvalue weighted by Crippen LogP contribution is -2.12. The lowest BCUT2D eigenvalue weighted by atomic mass is 10.0. The van der Waals surface area contributed by atoms with Crippen LogP contribution in [0.2, 0.25) is 0 Å². The summed E-state index contributed by atoms with van der Waals surface area (Å²) in [5, 5.41) is 9.14. The van der Waals surface area contributed by atoms with Gasteiger partial charge in [0.25, 0.3) is 0 Å². The molecular formula is C17H19FO3. The van der Waals surface area contributed by atoms with Gasteiger partial charge in [0, 0.05) is 0 Å². The Labute approximate surface area is 123 Å². The van der Waals surface area contributed by atoms with Crippen molar-refractivity contribution in [2.45, 2.75) is 38.0 Å². The summed E-state index contributed by atoms with van der Waals surface area (Å²) in [6.45, 7) is 0.511. The van der Waals surface area contributed by atoms with E-state index in [0.29, 0.717) is 18.4 Å². The summed E-state index contributed by atoms with van der Waals surface area (Å²) in [6, 6.07) is 3.17. The monoisotopic (exact) mass is 290 g/mol. The van der Waals surface area contributed by atoms with Gasteiger partial charge in [-0.1, -0.05) is 0 Å². The van der Waals surface area contributed by atoms with E-state index in [1.54, 1.807) is 6.07 Å². The highest BCUT2D eigenvalue weighted by Crippen LogP contribution is 2.54.